The van der Waals surface area contributed by atoms with Crippen molar-refractivity contribution >= 4 is 21.8 Å². The zero-order valence-corrected chi connectivity index (χ0v) is 13.5. The Balaban J connectivity index is 1.92. The number of ether oxygens (including phenoxy) is 1. The van der Waals surface area contributed by atoms with Gasteiger partial charge in [0.1, 0.15) is 5.75 Å². The molecule has 1 aromatic carbocycles. The Morgan fingerprint density at radius 3 is 2.52 bits per heavy atom. The number of aromatic nitrogens is 1. The molecule has 0 aliphatic carbocycles. The van der Waals surface area contributed by atoms with E-state index in [1.807, 2.05) is 49.4 Å². The van der Waals surface area contributed by atoms with Gasteiger partial charge in [0.25, 0.3) is 5.91 Å². The number of carbonyl (C=O) groups excluding carboxylic acids is 1. The summed E-state index contributed by atoms with van der Waals surface area (Å²) in [6.45, 7) is 3.62. The van der Waals surface area contributed by atoms with Gasteiger partial charge in [-0.15, -0.1) is 0 Å². The van der Waals surface area contributed by atoms with Crippen LogP contribution in [0.2, 0.25) is 0 Å². The van der Waals surface area contributed by atoms with E-state index in [0.29, 0.717) is 5.75 Å². The van der Waals surface area contributed by atoms with Crippen molar-refractivity contribution in [3.05, 3.63) is 58.8 Å². The largest absolute Gasteiger partial charge is 0.481 e. The lowest BCUT2D eigenvalue weighted by atomic mass is 10.2. The number of amides is 1. The summed E-state index contributed by atoms with van der Waals surface area (Å²) in [5, 5.41) is 2.89. The Bertz CT molecular complexity index is 587. The molecule has 0 spiro atoms. The molecule has 2 aromatic rings. The maximum atomic E-state index is 12.1. The molecule has 0 radical (unpaired) electrons. The number of nitrogens with zero attached hydrogens (tertiary/aromatic N) is 1. The highest BCUT2D eigenvalue weighted by Crippen LogP contribution is 2.17. The van der Waals surface area contributed by atoms with Gasteiger partial charge in [0.05, 0.1) is 11.7 Å². The zero-order chi connectivity index (χ0) is 15.2. The predicted molar refractivity (Wildman–Crippen MR) is 85.0 cm³/mol. The minimum Gasteiger partial charge on any atom is -0.481 e. The molecule has 1 aromatic heterocycles. The highest BCUT2D eigenvalue weighted by atomic mass is 79.9. The first-order valence-corrected chi connectivity index (χ1v) is 7.49. The van der Waals surface area contributed by atoms with Gasteiger partial charge in [0.2, 0.25) is 0 Å². The number of hydrogen-bond acceptors (Lipinski definition) is 3. The molecule has 2 atom stereocenters. The number of rotatable bonds is 5. The lowest BCUT2D eigenvalue weighted by molar-refractivity contribution is -0.127. The van der Waals surface area contributed by atoms with E-state index in [4.69, 9.17) is 4.74 Å². The molecule has 1 amide bonds. The SMILES string of the molecule is CC(Oc1ccc(Br)cc1)C(=O)NC(C)c1ccccn1. The summed E-state index contributed by atoms with van der Waals surface area (Å²) in [7, 11) is 0. The van der Waals surface area contributed by atoms with Crippen molar-refractivity contribution < 1.29 is 9.53 Å². The summed E-state index contributed by atoms with van der Waals surface area (Å²) in [5.74, 6) is 0.488. The molecule has 1 heterocycles. The van der Waals surface area contributed by atoms with Crippen LogP contribution >= 0.6 is 15.9 Å². The quantitative estimate of drug-likeness (QED) is 0.899. The maximum Gasteiger partial charge on any atom is 0.261 e. The van der Waals surface area contributed by atoms with E-state index in [1.165, 1.54) is 0 Å². The number of pyridine rings is 1. The van der Waals surface area contributed by atoms with E-state index in [1.54, 1.807) is 13.1 Å². The van der Waals surface area contributed by atoms with Crippen molar-refractivity contribution in [3.8, 4) is 5.75 Å². The minimum atomic E-state index is -0.572. The fourth-order valence-electron chi connectivity index (χ4n) is 1.81. The third kappa shape index (κ3) is 4.56. The van der Waals surface area contributed by atoms with E-state index in [9.17, 15) is 4.79 Å². The van der Waals surface area contributed by atoms with Crippen molar-refractivity contribution in [2.75, 3.05) is 0 Å². The molecule has 5 heteroatoms. The van der Waals surface area contributed by atoms with Crippen LogP contribution in [0, 0.1) is 0 Å². The first-order chi connectivity index (χ1) is 10.1. The molecule has 0 aliphatic rings. The molecule has 0 fully saturated rings. The molecule has 0 saturated carbocycles. The van der Waals surface area contributed by atoms with Crippen molar-refractivity contribution in [2.45, 2.75) is 26.0 Å². The molecule has 4 nitrogen and oxygen atoms in total. The molecular weight excluding hydrogens is 332 g/mol. The molecule has 110 valence electrons. The topological polar surface area (TPSA) is 51.2 Å². The van der Waals surface area contributed by atoms with E-state index in [0.717, 1.165) is 10.2 Å². The number of hydrogen-bond donors (Lipinski definition) is 1. The van der Waals surface area contributed by atoms with Gasteiger partial charge < -0.3 is 10.1 Å². The monoisotopic (exact) mass is 348 g/mol. The van der Waals surface area contributed by atoms with Crippen molar-refractivity contribution in [1.82, 2.24) is 10.3 Å². The maximum absolute atomic E-state index is 12.1. The summed E-state index contributed by atoms with van der Waals surface area (Å²) in [6, 6.07) is 12.8. The van der Waals surface area contributed by atoms with Crippen molar-refractivity contribution in [2.24, 2.45) is 0 Å². The summed E-state index contributed by atoms with van der Waals surface area (Å²) in [5.41, 5.74) is 0.821. The van der Waals surface area contributed by atoms with Crippen LogP contribution in [0.5, 0.6) is 5.75 Å². The first-order valence-electron chi connectivity index (χ1n) is 6.70. The van der Waals surface area contributed by atoms with E-state index in [2.05, 4.69) is 26.2 Å². The average Bonchev–Trinajstić information content (AvgIpc) is 2.50. The van der Waals surface area contributed by atoms with Crippen LogP contribution in [-0.2, 0) is 4.79 Å². The van der Waals surface area contributed by atoms with Crippen LogP contribution in [0.25, 0.3) is 0 Å². The van der Waals surface area contributed by atoms with Crippen molar-refractivity contribution in [3.63, 3.8) is 0 Å². The highest BCUT2D eigenvalue weighted by Gasteiger charge is 2.18. The molecular formula is C16H17BrN2O2. The Morgan fingerprint density at radius 1 is 1.19 bits per heavy atom. The van der Waals surface area contributed by atoms with Crippen LogP contribution in [0.3, 0.4) is 0 Å². The number of halogens is 1. The number of benzene rings is 1. The van der Waals surface area contributed by atoms with E-state index in [-0.39, 0.29) is 11.9 Å². The third-order valence-corrected chi connectivity index (χ3v) is 3.51. The van der Waals surface area contributed by atoms with Crippen LogP contribution in [0.4, 0.5) is 0 Å². The third-order valence-electron chi connectivity index (χ3n) is 2.99. The van der Waals surface area contributed by atoms with Gasteiger partial charge in [0, 0.05) is 10.7 Å². The van der Waals surface area contributed by atoms with Gasteiger partial charge in [-0.05, 0) is 50.2 Å². The number of carbonyl (C=O) groups is 1. The lowest BCUT2D eigenvalue weighted by Gasteiger charge is -2.18. The molecule has 21 heavy (non-hydrogen) atoms. The Kier molecular flexibility index (Phi) is 5.33. The van der Waals surface area contributed by atoms with Crippen molar-refractivity contribution in [1.29, 1.82) is 0 Å². The fraction of sp³-hybridized carbons (Fsp3) is 0.250. The molecule has 2 unspecified atom stereocenters. The molecule has 0 aliphatic heterocycles. The summed E-state index contributed by atoms with van der Waals surface area (Å²) < 4.78 is 6.58. The summed E-state index contributed by atoms with van der Waals surface area (Å²) >= 11 is 3.36. The van der Waals surface area contributed by atoms with Crippen LogP contribution < -0.4 is 10.1 Å². The van der Waals surface area contributed by atoms with Gasteiger partial charge in [-0.1, -0.05) is 22.0 Å². The van der Waals surface area contributed by atoms with Crippen LogP contribution in [0.1, 0.15) is 25.6 Å². The average molecular weight is 349 g/mol. The second-order valence-electron chi connectivity index (χ2n) is 4.70. The Labute approximate surface area is 132 Å². The fourth-order valence-corrected chi connectivity index (χ4v) is 2.07. The Morgan fingerprint density at radius 2 is 1.90 bits per heavy atom. The van der Waals surface area contributed by atoms with Gasteiger partial charge in [0.15, 0.2) is 6.10 Å². The first kappa shape index (κ1) is 15.5. The standard InChI is InChI=1S/C16H17BrN2O2/c1-11(15-5-3-4-10-18-15)19-16(20)12(2)21-14-8-6-13(17)7-9-14/h3-12H,1-2H3,(H,19,20). The molecule has 0 saturated heterocycles. The second kappa shape index (κ2) is 7.22. The van der Waals surface area contributed by atoms with Gasteiger partial charge in [-0.25, -0.2) is 0 Å². The Hall–Kier alpha value is -1.88. The zero-order valence-electron chi connectivity index (χ0n) is 11.9. The van der Waals surface area contributed by atoms with Gasteiger partial charge in [-0.2, -0.15) is 0 Å². The van der Waals surface area contributed by atoms with E-state index < -0.39 is 6.10 Å². The van der Waals surface area contributed by atoms with Gasteiger partial charge in [-0.3, -0.25) is 9.78 Å². The normalized spacial score (nSPS) is 13.3. The molecule has 2 rings (SSSR count). The molecule has 0 bridgehead atoms. The minimum absolute atomic E-state index is 0.158. The molecule has 1 N–H and O–H groups in total. The summed E-state index contributed by atoms with van der Waals surface area (Å²) in [4.78, 5) is 16.3. The number of nitrogens with one attached hydrogen (secondary N) is 1. The van der Waals surface area contributed by atoms with E-state index >= 15 is 0 Å². The van der Waals surface area contributed by atoms with Gasteiger partial charge >= 0.3 is 0 Å². The lowest BCUT2D eigenvalue weighted by Crippen LogP contribution is -2.38. The van der Waals surface area contributed by atoms with Crippen LogP contribution in [0.15, 0.2) is 53.1 Å². The smallest absolute Gasteiger partial charge is 0.261 e. The summed E-state index contributed by atoms with van der Waals surface area (Å²) in [6.07, 6.45) is 1.14. The predicted octanol–water partition coefficient (Wildman–Crippen LogP) is 3.49. The highest BCUT2D eigenvalue weighted by molar-refractivity contribution is 9.10. The van der Waals surface area contributed by atoms with Crippen LogP contribution in [-0.4, -0.2) is 17.0 Å². The second-order valence-corrected chi connectivity index (χ2v) is 5.61.